The number of rotatable bonds is 14. The van der Waals surface area contributed by atoms with E-state index in [9.17, 15) is 71.9 Å². The summed E-state index contributed by atoms with van der Waals surface area (Å²) in [4.78, 5) is 97.0. The fourth-order valence-electron chi connectivity index (χ4n) is 6.16. The number of nitrogens with one attached hydrogen (secondary N) is 1. The number of nitrogens with zero attached hydrogens (tertiary/aromatic N) is 6. The Morgan fingerprint density at radius 1 is 0.667 bits per heavy atom. The predicted molar refractivity (Wildman–Crippen MR) is 335 cm³/mol. The standard InChI is InChI=1S/C16H12BrF4N3O3.C16H12BrF4N3O2.C9H5BrF4O.C7H8BrN3O2.C4H6O4.C2H4O2.CH2O3.CH4.B.2K.Na.H/c1-26-15-10(17)4-5-12(23-15)14(22)24-27-7-13(25)8-2-3-9(11(18)6-8)16(19,20)21;1-25-15-10(17)4-5-12(23-15)14-22-13(7-26-24-14)8-2-3-9(11(18)6-8)16(19,20)21;10-4-8(15)5-1-2-6(7(11)3-5)9(12,13)14;1-13-7-4(8)2-3-5(10-7)6(9)11-12;1-3(5)7-8-4(2)6;1-2(3)4;2-1-4-3;;;;;;/h2-6H,7H2,1H3,(H2,22,24);2-6,13H,7H2,1H3,(H,22,24);1-3H,4H2;2-3,12H,1H3,(H2,9,11);1-2H3;1H3,(H,3,4);1,3H;1H4;;;;;/q;;;;;;;;;3*+1;-1/p-2. The molecule has 0 fully saturated rings. The second kappa shape index (κ2) is 52.9. The minimum atomic E-state index is -4.85. The number of halogens is 16. The van der Waals surface area contributed by atoms with Crippen LogP contribution in [0.15, 0.2) is 120 Å². The van der Waals surface area contributed by atoms with Crippen molar-refractivity contribution in [2.75, 3.05) is 39.9 Å². The third-order valence-electron chi connectivity index (χ3n) is 10.3. The number of carbonyl (C=O) groups is 6. The van der Waals surface area contributed by atoms with E-state index in [1.165, 1.54) is 33.5 Å². The normalized spacial score (nSPS) is 11.8. The number of aliphatic imine (C=N–C) groups is 1. The number of amidine groups is 3. The minimum absolute atomic E-state index is 0. The van der Waals surface area contributed by atoms with Crippen molar-refractivity contribution in [3.05, 3.63) is 172 Å². The van der Waals surface area contributed by atoms with Crippen LogP contribution in [0.1, 0.15) is 95.7 Å². The molecule has 1 aliphatic rings. The van der Waals surface area contributed by atoms with Crippen molar-refractivity contribution in [1.82, 2.24) is 20.4 Å². The molecule has 0 aliphatic carbocycles. The van der Waals surface area contributed by atoms with Crippen molar-refractivity contribution < 1.29 is 269 Å². The number of hydrogen-bond acceptors (Lipinski definition) is 24. The molecule has 0 saturated carbocycles. The second-order valence-corrected chi connectivity index (χ2v) is 20.3. The molecule has 3 aromatic heterocycles. The molecule has 102 heavy (non-hydrogen) atoms. The predicted octanol–water partition coefficient (Wildman–Crippen LogP) is 0.531. The van der Waals surface area contributed by atoms with Gasteiger partial charge in [-0.05, 0) is 133 Å². The van der Waals surface area contributed by atoms with Crippen molar-refractivity contribution in [3.8, 4) is 17.6 Å². The van der Waals surface area contributed by atoms with Gasteiger partial charge >= 0.3 is 163 Å². The number of alkyl halides is 10. The van der Waals surface area contributed by atoms with E-state index < -0.39 is 94.8 Å². The zero-order valence-corrected chi connectivity index (χ0v) is 68.0. The summed E-state index contributed by atoms with van der Waals surface area (Å²) < 4.78 is 169. The number of aliphatic carboxylic acids is 1. The van der Waals surface area contributed by atoms with Gasteiger partial charge in [0.05, 0.1) is 56.8 Å². The summed E-state index contributed by atoms with van der Waals surface area (Å²) in [6, 6.07) is 15.7. The van der Waals surface area contributed by atoms with Crippen LogP contribution in [0.5, 0.6) is 17.6 Å². The smallest absolute Gasteiger partial charge is 1.00 e. The summed E-state index contributed by atoms with van der Waals surface area (Å²) in [6.45, 7) is 2.45. The number of benzene rings is 3. The van der Waals surface area contributed by atoms with Crippen molar-refractivity contribution >= 4 is 126 Å². The summed E-state index contributed by atoms with van der Waals surface area (Å²) in [6.07, 6.45) is -14.3. The Hall–Kier alpha value is -4.92. The molecular formula is C56H52BBr4F12K2N9NaO17. The summed E-state index contributed by atoms with van der Waals surface area (Å²) in [5.74, 6) is -6.93. The monoisotopic (exact) mass is 1780 g/mol. The van der Waals surface area contributed by atoms with Crippen LogP contribution in [0.2, 0.25) is 0 Å². The molecule has 1 atom stereocenters. The molecular weight excluding hydrogens is 1730 g/mol. The Labute approximate surface area is 715 Å². The van der Waals surface area contributed by atoms with Gasteiger partial charge in [0.15, 0.2) is 29.9 Å². The first-order valence-corrected chi connectivity index (χ1v) is 28.7. The molecule has 7 rings (SSSR count). The number of carboxylic acids is 1. The first-order chi connectivity index (χ1) is 45.2. The van der Waals surface area contributed by atoms with Gasteiger partial charge in [0.1, 0.15) is 47.2 Å². The Morgan fingerprint density at radius 2 is 1.04 bits per heavy atom. The fraction of sp³-hybridized carbons (Fsp3) is 0.250. The summed E-state index contributed by atoms with van der Waals surface area (Å²) >= 11 is 12.6. The van der Waals surface area contributed by atoms with Crippen LogP contribution in [-0.2, 0) is 62.0 Å². The molecule has 26 nitrogen and oxygen atoms in total. The van der Waals surface area contributed by atoms with E-state index in [-0.39, 0.29) is 214 Å². The van der Waals surface area contributed by atoms with Gasteiger partial charge in [0.2, 0.25) is 23.4 Å². The third-order valence-corrected chi connectivity index (χ3v) is 12.6. The molecule has 3 radical (unpaired) electrons. The van der Waals surface area contributed by atoms with E-state index in [2.05, 4.69) is 114 Å². The number of carboxylic acid groups (broad SMARTS) is 1. The number of Topliss-reactive ketones (excluding diaryl/α,β-unsaturated/α-hetero) is 2. The molecule has 4 heterocycles. The topological polar surface area (TPSA) is 382 Å². The van der Waals surface area contributed by atoms with Crippen molar-refractivity contribution in [2.24, 2.45) is 26.8 Å². The molecule has 1 unspecified atom stereocenters. The van der Waals surface area contributed by atoms with E-state index in [1.807, 2.05) is 0 Å². The number of oxime groups is 2. The number of hydrogen-bond donors (Lipinski definition) is 4. The van der Waals surface area contributed by atoms with E-state index in [1.54, 1.807) is 30.3 Å². The van der Waals surface area contributed by atoms with Gasteiger partial charge in [-0.1, -0.05) is 51.9 Å². The van der Waals surface area contributed by atoms with Crippen molar-refractivity contribution in [3.63, 3.8) is 0 Å². The van der Waals surface area contributed by atoms with Crippen LogP contribution in [0.25, 0.3) is 0 Å². The number of carbonyl (C=O) groups excluding carboxylic acids is 6. The van der Waals surface area contributed by atoms with Gasteiger partial charge < -0.3 is 57.2 Å². The van der Waals surface area contributed by atoms with Crippen LogP contribution in [0, 0.1) is 17.5 Å². The number of pyridine rings is 3. The number of nitrogens with two attached hydrogens (primary N) is 2. The van der Waals surface area contributed by atoms with Crippen LogP contribution in [0.4, 0.5) is 52.7 Å². The van der Waals surface area contributed by atoms with Gasteiger partial charge in [-0.2, -0.15) is 39.5 Å². The zero-order chi connectivity index (χ0) is 74.1. The van der Waals surface area contributed by atoms with E-state index in [4.69, 9.17) is 60.5 Å². The largest absolute Gasteiger partial charge is 1.00 e. The van der Waals surface area contributed by atoms with Crippen molar-refractivity contribution in [1.29, 1.82) is 0 Å². The van der Waals surface area contributed by atoms with Crippen LogP contribution in [0.3, 0.4) is 0 Å². The minimum Gasteiger partial charge on any atom is -1.00 e. The Morgan fingerprint density at radius 3 is 1.39 bits per heavy atom. The van der Waals surface area contributed by atoms with Gasteiger partial charge in [-0.15, -0.1) is 0 Å². The van der Waals surface area contributed by atoms with Crippen LogP contribution in [-0.4, -0.2) is 122 Å². The Kier molecular flexibility index (Phi) is 54.9. The zero-order valence-electron chi connectivity index (χ0n) is 54.4. The number of ketones is 2. The fourth-order valence-corrected chi connectivity index (χ4v) is 7.63. The number of hydroxylamine groups is 1. The molecule has 6 N–H and O–H groups in total. The molecule has 0 amide bonds. The summed E-state index contributed by atoms with van der Waals surface area (Å²) in [7, 11) is 4.35. The quantitative estimate of drug-likeness (QED) is 0.0110. The van der Waals surface area contributed by atoms with E-state index >= 15 is 0 Å². The van der Waals surface area contributed by atoms with Gasteiger partial charge in [0, 0.05) is 39.4 Å². The van der Waals surface area contributed by atoms with Gasteiger partial charge in [-0.25, -0.2) is 53.0 Å². The number of methoxy groups -OCH3 is 3. The second-order valence-electron chi connectivity index (χ2n) is 17.1. The van der Waals surface area contributed by atoms with E-state index in [0.29, 0.717) is 66.9 Å². The van der Waals surface area contributed by atoms with E-state index in [0.717, 1.165) is 39.0 Å². The number of ether oxygens (including phenoxy) is 3. The molecule has 1 aliphatic heterocycles. The maximum absolute atomic E-state index is 13.8. The SMILES string of the molecule is C.CC(=O)OOC(C)=O.CC(=O)[O-].COc1nc(/C(N)=N/O)ccc1Br.COc1nc(/C(N)=N/OCC(=O)c2ccc(C(F)(F)F)c(F)c2)ccc1Br.COc1nc(C2=NC(c3ccc(C(F)(F)F)c(F)c3)CON2)ccc1Br.O=C(CBr)c1ccc(C(F)(F)F)c(F)c1.O=CO[O-].[B].[H-].[K+].[K+].[Na+]. The maximum atomic E-state index is 13.8. The summed E-state index contributed by atoms with van der Waals surface area (Å²) in [5, 5.41) is 32.0. The Balaban J connectivity index is -0.000000286. The molecule has 0 spiro atoms. The molecule has 0 bridgehead atoms. The van der Waals surface area contributed by atoms with Gasteiger partial charge in [0.25, 0.3) is 6.47 Å². The molecule has 0 saturated heterocycles. The first-order valence-electron chi connectivity index (χ1n) is 25.2. The van der Waals surface area contributed by atoms with Crippen molar-refractivity contribution in [2.45, 2.75) is 52.8 Å². The average Bonchev–Trinajstić information content (AvgIpc) is 0.816. The molecule has 6 aromatic rings. The molecule has 541 valence electrons. The number of aromatic nitrogens is 3. The van der Waals surface area contributed by atoms with Crippen LogP contribution < -0.4 is 174 Å². The maximum Gasteiger partial charge on any atom is 1.00 e. The molecule has 3 aromatic carbocycles. The third kappa shape index (κ3) is 38.9. The summed E-state index contributed by atoms with van der Waals surface area (Å²) in [5.41, 5.74) is 10.3. The Bertz CT molecular complexity index is 3790. The first kappa shape index (κ1) is 106. The average molecular weight is 1780 g/mol. The van der Waals surface area contributed by atoms with Gasteiger partial charge in [-0.3, -0.25) is 24.2 Å². The molecule has 46 heteroatoms. The van der Waals surface area contributed by atoms with Crippen LogP contribution >= 0.6 is 63.7 Å².